The van der Waals surface area contributed by atoms with E-state index in [1.54, 1.807) is 0 Å². The molecule has 1 aliphatic carbocycles. The average Bonchev–Trinajstić information content (AvgIpc) is 2.24. The molecule has 0 heterocycles. The van der Waals surface area contributed by atoms with E-state index in [9.17, 15) is 4.79 Å². The molecule has 0 bridgehead atoms. The van der Waals surface area contributed by atoms with Gasteiger partial charge in [-0.05, 0) is 30.9 Å². The molecule has 0 aromatic carbocycles. The molecule has 104 valence electrons. The SMILES string of the molecule is CSC(=O)N(CC(C)(C)C)C1/C=C/CCCCC1. The normalized spacial score (nSPS) is 23.0. The number of nitrogens with zero attached hydrogens (tertiary/aromatic N) is 1. The van der Waals surface area contributed by atoms with Crippen LogP contribution in [-0.2, 0) is 0 Å². The van der Waals surface area contributed by atoms with Gasteiger partial charge in [0.25, 0.3) is 5.24 Å². The molecule has 1 unspecified atom stereocenters. The van der Waals surface area contributed by atoms with Crippen molar-refractivity contribution in [2.45, 2.75) is 58.9 Å². The van der Waals surface area contributed by atoms with Gasteiger partial charge in [-0.15, -0.1) is 0 Å². The molecular formula is C15H27NOS. The number of hydrogen-bond donors (Lipinski definition) is 0. The molecular weight excluding hydrogens is 242 g/mol. The smallest absolute Gasteiger partial charge is 0.281 e. The molecule has 1 aliphatic rings. The van der Waals surface area contributed by atoms with Gasteiger partial charge in [-0.1, -0.05) is 57.5 Å². The molecule has 0 saturated carbocycles. The van der Waals surface area contributed by atoms with Crippen LogP contribution in [0.3, 0.4) is 0 Å². The van der Waals surface area contributed by atoms with Gasteiger partial charge in [-0.25, -0.2) is 0 Å². The molecule has 0 fully saturated rings. The number of thioether (sulfide) groups is 1. The highest BCUT2D eigenvalue weighted by Gasteiger charge is 2.26. The Balaban J connectivity index is 2.79. The van der Waals surface area contributed by atoms with E-state index < -0.39 is 0 Å². The Morgan fingerprint density at radius 1 is 1.33 bits per heavy atom. The second kappa shape index (κ2) is 7.22. The molecule has 0 aliphatic heterocycles. The van der Waals surface area contributed by atoms with E-state index >= 15 is 0 Å². The van der Waals surface area contributed by atoms with Crippen LogP contribution in [-0.4, -0.2) is 29.0 Å². The van der Waals surface area contributed by atoms with Gasteiger partial charge in [0.15, 0.2) is 0 Å². The summed E-state index contributed by atoms with van der Waals surface area (Å²) in [6, 6.07) is 0.296. The summed E-state index contributed by atoms with van der Waals surface area (Å²) in [5.41, 5.74) is 0.154. The fourth-order valence-electron chi connectivity index (χ4n) is 2.35. The van der Waals surface area contributed by atoms with Crippen molar-refractivity contribution in [2.75, 3.05) is 12.8 Å². The molecule has 1 rings (SSSR count). The fourth-order valence-corrected chi connectivity index (χ4v) is 2.78. The maximum absolute atomic E-state index is 12.1. The second-order valence-corrected chi connectivity index (χ2v) is 7.05. The lowest BCUT2D eigenvalue weighted by Gasteiger charge is -2.35. The van der Waals surface area contributed by atoms with Gasteiger partial charge in [0.2, 0.25) is 0 Å². The molecule has 0 aromatic heterocycles. The number of rotatable bonds is 2. The van der Waals surface area contributed by atoms with Crippen LogP contribution in [0.2, 0.25) is 0 Å². The second-order valence-electron chi connectivity index (χ2n) is 6.29. The van der Waals surface area contributed by atoms with Crippen LogP contribution in [0.5, 0.6) is 0 Å². The quantitative estimate of drug-likeness (QED) is 0.677. The van der Waals surface area contributed by atoms with Gasteiger partial charge >= 0.3 is 0 Å². The maximum Gasteiger partial charge on any atom is 0.281 e. The highest BCUT2D eigenvalue weighted by Crippen LogP contribution is 2.24. The van der Waals surface area contributed by atoms with Crippen molar-refractivity contribution in [1.29, 1.82) is 0 Å². The summed E-state index contributed by atoms with van der Waals surface area (Å²) in [5, 5.41) is 0.208. The van der Waals surface area contributed by atoms with Crippen molar-refractivity contribution >= 4 is 17.0 Å². The number of amides is 1. The third-order valence-corrected chi connectivity index (χ3v) is 3.77. The van der Waals surface area contributed by atoms with E-state index in [-0.39, 0.29) is 10.7 Å². The monoisotopic (exact) mass is 269 g/mol. The number of hydrogen-bond acceptors (Lipinski definition) is 2. The predicted octanol–water partition coefficient (Wildman–Crippen LogP) is 4.71. The zero-order valence-corrected chi connectivity index (χ0v) is 13.1. The van der Waals surface area contributed by atoms with Crippen molar-refractivity contribution in [2.24, 2.45) is 5.41 Å². The summed E-state index contributed by atoms with van der Waals surface area (Å²) in [5.74, 6) is 0. The first-order valence-corrected chi connectivity index (χ1v) is 8.18. The van der Waals surface area contributed by atoms with Crippen LogP contribution in [0.4, 0.5) is 4.79 Å². The molecule has 0 radical (unpaired) electrons. The Kier molecular flexibility index (Phi) is 6.27. The molecule has 0 spiro atoms. The Labute approximate surface area is 116 Å². The van der Waals surface area contributed by atoms with Crippen LogP contribution in [0.25, 0.3) is 0 Å². The van der Waals surface area contributed by atoms with E-state index in [4.69, 9.17) is 0 Å². The standard InChI is InChI=1S/C15H27NOS/c1-15(2,3)12-16(14(17)18-4)13-10-8-6-5-7-9-11-13/h8,10,13H,5-7,9,11-12H2,1-4H3/b10-8+. The van der Waals surface area contributed by atoms with Gasteiger partial charge < -0.3 is 4.90 Å². The summed E-state index contributed by atoms with van der Waals surface area (Å²) in [4.78, 5) is 14.2. The summed E-state index contributed by atoms with van der Waals surface area (Å²) < 4.78 is 0. The molecule has 1 atom stereocenters. The molecule has 18 heavy (non-hydrogen) atoms. The van der Waals surface area contributed by atoms with Crippen molar-refractivity contribution in [3.63, 3.8) is 0 Å². The molecule has 0 N–H and O–H groups in total. The zero-order chi connectivity index (χ0) is 13.6. The lowest BCUT2D eigenvalue weighted by Crippen LogP contribution is -2.42. The largest absolute Gasteiger partial charge is 0.327 e. The van der Waals surface area contributed by atoms with Crippen molar-refractivity contribution < 1.29 is 4.79 Å². The van der Waals surface area contributed by atoms with Gasteiger partial charge in [0.1, 0.15) is 0 Å². The molecule has 0 saturated heterocycles. The third kappa shape index (κ3) is 5.47. The fraction of sp³-hybridized carbons (Fsp3) is 0.800. The average molecular weight is 269 g/mol. The van der Waals surface area contributed by atoms with Crippen LogP contribution < -0.4 is 0 Å². The predicted molar refractivity (Wildman–Crippen MR) is 81.1 cm³/mol. The number of carbonyl (C=O) groups is 1. The van der Waals surface area contributed by atoms with Crippen LogP contribution in [0, 0.1) is 5.41 Å². The minimum absolute atomic E-state index is 0.154. The highest BCUT2D eigenvalue weighted by atomic mass is 32.2. The molecule has 1 amide bonds. The van der Waals surface area contributed by atoms with E-state index in [0.717, 1.165) is 19.4 Å². The minimum Gasteiger partial charge on any atom is -0.327 e. The van der Waals surface area contributed by atoms with Crippen molar-refractivity contribution in [3.05, 3.63) is 12.2 Å². The Morgan fingerprint density at radius 2 is 2.06 bits per heavy atom. The molecule has 2 nitrogen and oxygen atoms in total. The number of allylic oxidation sites excluding steroid dienone is 1. The topological polar surface area (TPSA) is 20.3 Å². The van der Waals surface area contributed by atoms with Gasteiger partial charge in [-0.3, -0.25) is 4.79 Å². The summed E-state index contributed by atoms with van der Waals surface area (Å²) in [7, 11) is 0. The van der Waals surface area contributed by atoms with Crippen molar-refractivity contribution in [3.8, 4) is 0 Å². The summed E-state index contributed by atoms with van der Waals surface area (Å²) in [6.07, 6.45) is 12.5. The molecule has 0 aromatic rings. The van der Waals surface area contributed by atoms with Gasteiger partial charge in [0, 0.05) is 6.54 Å². The summed E-state index contributed by atoms with van der Waals surface area (Å²) >= 11 is 1.33. The first-order valence-electron chi connectivity index (χ1n) is 6.95. The maximum atomic E-state index is 12.1. The van der Waals surface area contributed by atoms with Crippen LogP contribution in [0.1, 0.15) is 52.9 Å². The lowest BCUT2D eigenvalue weighted by atomic mass is 9.94. The Morgan fingerprint density at radius 3 is 2.67 bits per heavy atom. The van der Waals surface area contributed by atoms with Crippen LogP contribution >= 0.6 is 11.8 Å². The number of carbonyl (C=O) groups excluding carboxylic acids is 1. The molecule has 3 heteroatoms. The highest BCUT2D eigenvalue weighted by molar-refractivity contribution is 8.12. The third-order valence-electron chi connectivity index (χ3n) is 3.18. The van der Waals surface area contributed by atoms with E-state index in [1.165, 1.54) is 31.0 Å². The van der Waals surface area contributed by atoms with Crippen molar-refractivity contribution in [1.82, 2.24) is 4.90 Å². The van der Waals surface area contributed by atoms with E-state index in [1.807, 2.05) is 6.26 Å². The van der Waals surface area contributed by atoms with Gasteiger partial charge in [-0.2, -0.15) is 0 Å². The van der Waals surface area contributed by atoms with Crippen LogP contribution in [0.15, 0.2) is 12.2 Å². The first-order chi connectivity index (χ1) is 8.44. The van der Waals surface area contributed by atoms with Gasteiger partial charge in [0.05, 0.1) is 6.04 Å². The van der Waals surface area contributed by atoms with E-state index in [2.05, 4.69) is 37.8 Å². The summed E-state index contributed by atoms with van der Waals surface area (Å²) in [6.45, 7) is 7.42. The minimum atomic E-state index is 0.154. The Bertz CT molecular complexity index is 293. The zero-order valence-electron chi connectivity index (χ0n) is 12.2. The van der Waals surface area contributed by atoms with E-state index in [0.29, 0.717) is 6.04 Å². The Hall–Kier alpha value is -0.440. The first kappa shape index (κ1) is 15.6. The lowest BCUT2D eigenvalue weighted by molar-refractivity contribution is 0.174.